The first-order valence-electron chi connectivity index (χ1n) is 5.41. The number of carbonyl (C=O) groups excluding carboxylic acids is 1. The molecule has 6 nitrogen and oxygen atoms in total. The van der Waals surface area contributed by atoms with Crippen LogP contribution in [0.2, 0.25) is 0 Å². The van der Waals surface area contributed by atoms with E-state index in [-0.39, 0.29) is 30.9 Å². The first kappa shape index (κ1) is 12.9. The van der Waals surface area contributed by atoms with Gasteiger partial charge in [0.2, 0.25) is 5.91 Å². The highest BCUT2D eigenvalue weighted by molar-refractivity contribution is 5.77. The van der Waals surface area contributed by atoms with E-state index in [0.717, 1.165) is 6.54 Å². The Bertz CT molecular complexity index is 251. The number of rotatable bonds is 5. The molecule has 1 fully saturated rings. The Labute approximate surface area is 94.3 Å². The molecule has 0 aromatic carbocycles. The first-order chi connectivity index (χ1) is 7.58. The highest BCUT2D eigenvalue weighted by Crippen LogP contribution is 2.02. The van der Waals surface area contributed by atoms with Crippen molar-refractivity contribution in [3.8, 4) is 0 Å². The lowest BCUT2D eigenvalue weighted by atomic mass is 10.2. The lowest BCUT2D eigenvalue weighted by molar-refractivity contribution is -0.137. The average Bonchev–Trinajstić information content (AvgIpc) is 2.17. The van der Waals surface area contributed by atoms with Gasteiger partial charge in [-0.25, -0.2) is 0 Å². The Morgan fingerprint density at radius 3 is 2.94 bits per heavy atom. The van der Waals surface area contributed by atoms with Crippen LogP contribution in [0.3, 0.4) is 0 Å². The maximum absolute atomic E-state index is 11.5. The minimum absolute atomic E-state index is 0.0600. The number of carboxylic acids is 1. The van der Waals surface area contributed by atoms with E-state index in [1.54, 1.807) is 6.92 Å². The largest absolute Gasteiger partial charge is 0.481 e. The fourth-order valence-corrected chi connectivity index (χ4v) is 1.60. The summed E-state index contributed by atoms with van der Waals surface area (Å²) in [6, 6.07) is -0.346. The molecular formula is C10H18N2O4. The molecule has 1 amide bonds. The molecule has 1 aliphatic heterocycles. The summed E-state index contributed by atoms with van der Waals surface area (Å²) in [6.45, 7) is 3.77. The van der Waals surface area contributed by atoms with Gasteiger partial charge in [-0.1, -0.05) is 0 Å². The number of amides is 1. The predicted octanol–water partition coefficient (Wildman–Crippen LogP) is -0.656. The van der Waals surface area contributed by atoms with Crippen LogP contribution in [0, 0.1) is 0 Å². The van der Waals surface area contributed by atoms with Gasteiger partial charge in [-0.2, -0.15) is 0 Å². The van der Waals surface area contributed by atoms with Crippen LogP contribution in [0.4, 0.5) is 0 Å². The second-order valence-corrected chi connectivity index (χ2v) is 3.97. The molecule has 1 aliphatic rings. The van der Waals surface area contributed by atoms with Crippen molar-refractivity contribution in [2.45, 2.75) is 31.9 Å². The van der Waals surface area contributed by atoms with E-state index in [1.807, 2.05) is 0 Å². The fourth-order valence-electron chi connectivity index (χ4n) is 1.60. The van der Waals surface area contributed by atoms with E-state index in [0.29, 0.717) is 13.2 Å². The molecule has 0 aliphatic carbocycles. The molecule has 2 atom stereocenters. The normalized spacial score (nSPS) is 22.4. The number of hydrogen-bond donors (Lipinski definition) is 3. The van der Waals surface area contributed by atoms with Crippen molar-refractivity contribution in [2.75, 3.05) is 19.7 Å². The van der Waals surface area contributed by atoms with Gasteiger partial charge in [-0.15, -0.1) is 0 Å². The van der Waals surface area contributed by atoms with E-state index in [2.05, 4.69) is 10.6 Å². The third kappa shape index (κ3) is 5.09. The van der Waals surface area contributed by atoms with Crippen LogP contribution in [-0.2, 0) is 14.3 Å². The summed E-state index contributed by atoms with van der Waals surface area (Å²) >= 11 is 0. The zero-order chi connectivity index (χ0) is 12.0. The van der Waals surface area contributed by atoms with Gasteiger partial charge in [0, 0.05) is 19.1 Å². The van der Waals surface area contributed by atoms with Crippen LogP contribution in [0.15, 0.2) is 0 Å². The quantitative estimate of drug-likeness (QED) is 0.584. The third-order valence-corrected chi connectivity index (χ3v) is 2.31. The molecule has 0 spiro atoms. The van der Waals surface area contributed by atoms with Gasteiger partial charge >= 0.3 is 5.97 Å². The molecule has 0 aromatic heterocycles. The number of carbonyl (C=O) groups is 2. The van der Waals surface area contributed by atoms with Crippen LogP contribution in [0.5, 0.6) is 0 Å². The van der Waals surface area contributed by atoms with E-state index in [9.17, 15) is 9.59 Å². The monoisotopic (exact) mass is 230 g/mol. The Hall–Kier alpha value is -1.14. The molecule has 2 unspecified atom stereocenters. The molecule has 1 heterocycles. The topological polar surface area (TPSA) is 87.7 Å². The smallest absolute Gasteiger partial charge is 0.305 e. The maximum Gasteiger partial charge on any atom is 0.305 e. The second-order valence-electron chi connectivity index (χ2n) is 3.97. The SMILES string of the molecule is CC(CC(=O)O)NC(=O)CC1CNCCO1. The molecule has 0 aromatic rings. The molecule has 0 radical (unpaired) electrons. The Balaban J connectivity index is 2.21. The molecule has 1 rings (SSSR count). The standard InChI is InChI=1S/C10H18N2O4/c1-7(4-10(14)15)12-9(13)5-8-6-11-2-3-16-8/h7-8,11H,2-6H2,1H3,(H,12,13)(H,14,15). The summed E-state index contributed by atoms with van der Waals surface area (Å²) in [5.41, 5.74) is 0. The Morgan fingerprint density at radius 1 is 1.62 bits per heavy atom. The number of carboxylic acid groups (broad SMARTS) is 1. The van der Waals surface area contributed by atoms with Crippen molar-refractivity contribution in [3.63, 3.8) is 0 Å². The number of aliphatic carboxylic acids is 1. The first-order valence-corrected chi connectivity index (χ1v) is 5.41. The lowest BCUT2D eigenvalue weighted by Gasteiger charge is -2.23. The van der Waals surface area contributed by atoms with E-state index in [1.165, 1.54) is 0 Å². The minimum atomic E-state index is -0.914. The van der Waals surface area contributed by atoms with Crippen molar-refractivity contribution in [1.82, 2.24) is 10.6 Å². The molecule has 1 saturated heterocycles. The average molecular weight is 230 g/mol. The molecule has 0 bridgehead atoms. The van der Waals surface area contributed by atoms with Crippen molar-refractivity contribution >= 4 is 11.9 Å². The summed E-state index contributed by atoms with van der Waals surface area (Å²) in [4.78, 5) is 21.9. The Morgan fingerprint density at radius 2 is 2.38 bits per heavy atom. The highest BCUT2D eigenvalue weighted by Gasteiger charge is 2.18. The van der Waals surface area contributed by atoms with Crippen LogP contribution >= 0.6 is 0 Å². The van der Waals surface area contributed by atoms with Crippen molar-refractivity contribution in [1.29, 1.82) is 0 Å². The molecule has 92 valence electrons. The van der Waals surface area contributed by atoms with Crippen LogP contribution in [0.1, 0.15) is 19.8 Å². The number of ether oxygens (including phenoxy) is 1. The summed E-state index contributed by atoms with van der Waals surface area (Å²) < 4.78 is 5.37. The van der Waals surface area contributed by atoms with Gasteiger partial charge < -0.3 is 20.5 Å². The minimum Gasteiger partial charge on any atom is -0.481 e. The number of hydrogen-bond acceptors (Lipinski definition) is 4. The molecule has 0 saturated carbocycles. The summed E-state index contributed by atoms with van der Waals surface area (Å²) in [5, 5.41) is 14.3. The molecular weight excluding hydrogens is 212 g/mol. The lowest BCUT2D eigenvalue weighted by Crippen LogP contribution is -2.43. The maximum atomic E-state index is 11.5. The molecule has 3 N–H and O–H groups in total. The van der Waals surface area contributed by atoms with Crippen LogP contribution in [0.25, 0.3) is 0 Å². The van der Waals surface area contributed by atoms with Gasteiger partial charge in [0.25, 0.3) is 0 Å². The number of nitrogens with one attached hydrogen (secondary N) is 2. The fraction of sp³-hybridized carbons (Fsp3) is 0.800. The predicted molar refractivity (Wildman–Crippen MR) is 57.1 cm³/mol. The zero-order valence-electron chi connectivity index (χ0n) is 9.36. The van der Waals surface area contributed by atoms with Crippen molar-refractivity contribution in [3.05, 3.63) is 0 Å². The summed E-state index contributed by atoms with van der Waals surface area (Å²) in [6.07, 6.45) is 0.109. The van der Waals surface area contributed by atoms with E-state index < -0.39 is 5.97 Å². The zero-order valence-corrected chi connectivity index (χ0v) is 9.36. The highest BCUT2D eigenvalue weighted by atomic mass is 16.5. The van der Waals surface area contributed by atoms with Crippen molar-refractivity contribution in [2.24, 2.45) is 0 Å². The summed E-state index contributed by atoms with van der Waals surface area (Å²) in [5.74, 6) is -1.08. The van der Waals surface area contributed by atoms with Gasteiger partial charge in [0.15, 0.2) is 0 Å². The molecule has 6 heteroatoms. The van der Waals surface area contributed by atoms with Crippen molar-refractivity contribution < 1.29 is 19.4 Å². The number of morpholine rings is 1. The van der Waals surface area contributed by atoms with E-state index >= 15 is 0 Å². The summed E-state index contributed by atoms with van der Waals surface area (Å²) in [7, 11) is 0. The Kier molecular flexibility index (Phi) is 5.21. The van der Waals surface area contributed by atoms with Gasteiger partial charge in [0.1, 0.15) is 0 Å². The second kappa shape index (κ2) is 6.44. The van der Waals surface area contributed by atoms with Gasteiger partial charge in [0.05, 0.1) is 25.6 Å². The van der Waals surface area contributed by atoms with Crippen LogP contribution in [-0.4, -0.2) is 48.8 Å². The van der Waals surface area contributed by atoms with Gasteiger partial charge in [-0.05, 0) is 6.92 Å². The van der Waals surface area contributed by atoms with Crippen LogP contribution < -0.4 is 10.6 Å². The third-order valence-electron chi connectivity index (χ3n) is 2.31. The van der Waals surface area contributed by atoms with Gasteiger partial charge in [-0.3, -0.25) is 9.59 Å². The van der Waals surface area contributed by atoms with E-state index in [4.69, 9.17) is 9.84 Å². The molecule has 16 heavy (non-hydrogen) atoms.